The summed E-state index contributed by atoms with van der Waals surface area (Å²) < 4.78 is 5.17. The highest BCUT2D eigenvalue weighted by atomic mass is 16.5. The second-order valence-corrected chi connectivity index (χ2v) is 3.53. The molecule has 1 aliphatic rings. The summed E-state index contributed by atoms with van der Waals surface area (Å²) in [5, 5.41) is 2.66. The predicted octanol–water partition coefficient (Wildman–Crippen LogP) is -0.630. The van der Waals surface area contributed by atoms with E-state index < -0.39 is 0 Å². The summed E-state index contributed by atoms with van der Waals surface area (Å²) in [6, 6.07) is 0. The lowest BCUT2D eigenvalue weighted by atomic mass is 10.3. The number of carbonyl (C=O) groups excluding carboxylic acids is 2. The molecular weight excluding hydrogens is 184 g/mol. The van der Waals surface area contributed by atoms with Crippen LogP contribution in [0, 0.1) is 0 Å². The van der Waals surface area contributed by atoms with E-state index >= 15 is 0 Å². The quantitative estimate of drug-likeness (QED) is 0.660. The maximum Gasteiger partial charge on any atom is 0.249 e. The average molecular weight is 200 g/mol. The fourth-order valence-corrected chi connectivity index (χ4v) is 1.18. The van der Waals surface area contributed by atoms with E-state index in [9.17, 15) is 9.59 Å². The van der Waals surface area contributed by atoms with Crippen molar-refractivity contribution in [2.45, 2.75) is 20.0 Å². The first-order valence-corrected chi connectivity index (χ1v) is 4.75. The maximum absolute atomic E-state index is 11.5. The molecule has 0 bridgehead atoms. The van der Waals surface area contributed by atoms with Crippen LogP contribution in [0.4, 0.5) is 0 Å². The van der Waals surface area contributed by atoms with Gasteiger partial charge in [0, 0.05) is 13.1 Å². The summed E-state index contributed by atoms with van der Waals surface area (Å²) in [7, 11) is 0. The lowest BCUT2D eigenvalue weighted by Crippen LogP contribution is -2.51. The fourth-order valence-electron chi connectivity index (χ4n) is 1.18. The topological polar surface area (TPSA) is 58.6 Å². The molecule has 14 heavy (non-hydrogen) atoms. The van der Waals surface area contributed by atoms with Gasteiger partial charge in [-0.3, -0.25) is 9.59 Å². The first-order chi connectivity index (χ1) is 6.59. The van der Waals surface area contributed by atoms with Crippen LogP contribution in [-0.2, 0) is 14.3 Å². The molecule has 1 saturated heterocycles. The molecule has 0 saturated carbocycles. The molecule has 80 valence electrons. The predicted molar refractivity (Wildman–Crippen MR) is 50.7 cm³/mol. The standard InChI is InChI=1S/C9H16N2O3/c1-7(2)14-6-9(13)11-4-3-10-8(12)5-11/h7H,3-6H2,1-2H3,(H,10,12). The highest BCUT2D eigenvalue weighted by molar-refractivity contribution is 5.86. The first-order valence-electron chi connectivity index (χ1n) is 4.75. The molecule has 0 aromatic carbocycles. The molecule has 1 heterocycles. The molecule has 2 amide bonds. The van der Waals surface area contributed by atoms with Crippen molar-refractivity contribution in [2.24, 2.45) is 0 Å². The number of hydrogen-bond donors (Lipinski definition) is 1. The van der Waals surface area contributed by atoms with Crippen molar-refractivity contribution in [1.82, 2.24) is 10.2 Å². The Morgan fingerprint density at radius 2 is 2.36 bits per heavy atom. The molecular formula is C9H16N2O3. The lowest BCUT2D eigenvalue weighted by molar-refractivity contribution is -0.142. The van der Waals surface area contributed by atoms with Crippen molar-refractivity contribution in [3.63, 3.8) is 0 Å². The van der Waals surface area contributed by atoms with Crippen molar-refractivity contribution < 1.29 is 14.3 Å². The Morgan fingerprint density at radius 1 is 1.64 bits per heavy atom. The van der Waals surface area contributed by atoms with Gasteiger partial charge in [0.1, 0.15) is 6.61 Å². The van der Waals surface area contributed by atoms with Crippen LogP contribution in [0.25, 0.3) is 0 Å². The molecule has 0 aromatic rings. The zero-order valence-electron chi connectivity index (χ0n) is 8.58. The molecule has 0 atom stereocenters. The van der Waals surface area contributed by atoms with E-state index in [0.29, 0.717) is 13.1 Å². The first kappa shape index (κ1) is 11.0. The van der Waals surface area contributed by atoms with Gasteiger partial charge < -0.3 is 15.0 Å². The molecule has 0 radical (unpaired) electrons. The monoisotopic (exact) mass is 200 g/mol. The van der Waals surface area contributed by atoms with E-state index in [1.807, 2.05) is 13.8 Å². The van der Waals surface area contributed by atoms with Crippen LogP contribution in [0.3, 0.4) is 0 Å². The van der Waals surface area contributed by atoms with Gasteiger partial charge >= 0.3 is 0 Å². The van der Waals surface area contributed by atoms with Crippen molar-refractivity contribution in [3.8, 4) is 0 Å². The molecule has 1 rings (SSSR count). The number of piperazine rings is 1. The third kappa shape index (κ3) is 3.33. The minimum Gasteiger partial charge on any atom is -0.369 e. The summed E-state index contributed by atoms with van der Waals surface area (Å²) in [4.78, 5) is 24.0. The fraction of sp³-hybridized carbons (Fsp3) is 0.778. The van der Waals surface area contributed by atoms with Gasteiger partial charge in [-0.25, -0.2) is 0 Å². The van der Waals surface area contributed by atoms with Gasteiger partial charge in [-0.15, -0.1) is 0 Å². The minimum absolute atomic E-state index is 0.0394. The highest BCUT2D eigenvalue weighted by Crippen LogP contribution is 1.96. The summed E-state index contributed by atoms with van der Waals surface area (Å²) in [6.45, 7) is 5.07. The van der Waals surface area contributed by atoms with E-state index in [1.165, 1.54) is 4.90 Å². The second-order valence-electron chi connectivity index (χ2n) is 3.53. The Kier molecular flexibility index (Phi) is 3.88. The Hall–Kier alpha value is -1.10. The van der Waals surface area contributed by atoms with Gasteiger partial charge in [0.2, 0.25) is 11.8 Å². The van der Waals surface area contributed by atoms with Gasteiger partial charge in [-0.2, -0.15) is 0 Å². The maximum atomic E-state index is 11.5. The minimum atomic E-state index is -0.117. The van der Waals surface area contributed by atoms with E-state index in [2.05, 4.69) is 5.32 Å². The summed E-state index contributed by atoms with van der Waals surface area (Å²) in [5.74, 6) is -0.220. The van der Waals surface area contributed by atoms with Crippen LogP contribution in [-0.4, -0.2) is 49.1 Å². The Balaban J connectivity index is 2.32. The van der Waals surface area contributed by atoms with Crippen molar-refractivity contribution in [2.75, 3.05) is 26.2 Å². The van der Waals surface area contributed by atoms with Gasteiger partial charge in [0.25, 0.3) is 0 Å². The molecule has 0 spiro atoms. The zero-order valence-corrected chi connectivity index (χ0v) is 8.58. The van der Waals surface area contributed by atoms with Crippen LogP contribution in [0.2, 0.25) is 0 Å². The second kappa shape index (κ2) is 4.95. The van der Waals surface area contributed by atoms with Crippen LogP contribution >= 0.6 is 0 Å². The summed E-state index contributed by atoms with van der Waals surface area (Å²) in [6.07, 6.45) is 0.0394. The number of amides is 2. The SMILES string of the molecule is CC(C)OCC(=O)N1CCNC(=O)C1. The van der Waals surface area contributed by atoms with Gasteiger partial charge in [-0.1, -0.05) is 0 Å². The third-order valence-corrected chi connectivity index (χ3v) is 1.93. The molecule has 0 unspecified atom stereocenters. The van der Waals surface area contributed by atoms with Crippen LogP contribution in [0.15, 0.2) is 0 Å². The third-order valence-electron chi connectivity index (χ3n) is 1.93. The lowest BCUT2D eigenvalue weighted by Gasteiger charge is -2.26. The van der Waals surface area contributed by atoms with Gasteiger partial charge in [0.05, 0.1) is 12.6 Å². The van der Waals surface area contributed by atoms with Crippen LogP contribution < -0.4 is 5.32 Å². The van der Waals surface area contributed by atoms with E-state index in [-0.39, 0.29) is 31.1 Å². The van der Waals surface area contributed by atoms with E-state index in [1.54, 1.807) is 0 Å². The Labute approximate surface area is 83.4 Å². The van der Waals surface area contributed by atoms with Crippen molar-refractivity contribution in [1.29, 1.82) is 0 Å². The summed E-state index contributed by atoms with van der Waals surface area (Å²) in [5.41, 5.74) is 0. The molecule has 0 aromatic heterocycles. The molecule has 1 aliphatic heterocycles. The van der Waals surface area contributed by atoms with Crippen molar-refractivity contribution >= 4 is 11.8 Å². The largest absolute Gasteiger partial charge is 0.369 e. The molecule has 5 heteroatoms. The zero-order chi connectivity index (χ0) is 10.6. The molecule has 5 nitrogen and oxygen atoms in total. The smallest absolute Gasteiger partial charge is 0.249 e. The van der Waals surface area contributed by atoms with Gasteiger partial charge in [0.15, 0.2) is 0 Å². The number of hydrogen-bond acceptors (Lipinski definition) is 3. The average Bonchev–Trinajstić information content (AvgIpc) is 2.14. The van der Waals surface area contributed by atoms with Crippen LogP contribution in [0.1, 0.15) is 13.8 Å². The Morgan fingerprint density at radius 3 is 2.93 bits per heavy atom. The number of rotatable bonds is 3. The summed E-state index contributed by atoms with van der Waals surface area (Å²) >= 11 is 0. The van der Waals surface area contributed by atoms with Gasteiger partial charge in [-0.05, 0) is 13.8 Å². The molecule has 1 fully saturated rings. The van der Waals surface area contributed by atoms with Crippen molar-refractivity contribution in [3.05, 3.63) is 0 Å². The molecule has 0 aliphatic carbocycles. The normalized spacial score (nSPS) is 17.1. The number of nitrogens with one attached hydrogen (secondary N) is 1. The molecule has 1 N–H and O–H groups in total. The van der Waals surface area contributed by atoms with Crippen LogP contribution in [0.5, 0.6) is 0 Å². The Bertz CT molecular complexity index is 228. The van der Waals surface area contributed by atoms with E-state index in [0.717, 1.165) is 0 Å². The van der Waals surface area contributed by atoms with E-state index in [4.69, 9.17) is 4.74 Å². The number of nitrogens with zero attached hydrogens (tertiary/aromatic N) is 1. The highest BCUT2D eigenvalue weighted by Gasteiger charge is 2.20. The number of ether oxygens (including phenoxy) is 1. The number of carbonyl (C=O) groups is 2.